The molecule has 1 amide bonds. The Morgan fingerprint density at radius 1 is 1.26 bits per heavy atom. The molecule has 1 unspecified atom stereocenters. The zero-order valence-electron chi connectivity index (χ0n) is 13.6. The number of likely N-dealkylation sites (tertiary alicyclic amines) is 1. The number of carbonyl (C=O) groups is 1. The number of rotatable bonds is 3. The van der Waals surface area contributed by atoms with Gasteiger partial charge in [-0.2, -0.15) is 0 Å². The van der Waals surface area contributed by atoms with Crippen molar-refractivity contribution in [3.8, 4) is 0 Å². The van der Waals surface area contributed by atoms with E-state index in [1.165, 1.54) is 12.1 Å². The molecular weight excluding hydrogens is 293 g/mol. The molecule has 0 spiro atoms. The van der Waals surface area contributed by atoms with Gasteiger partial charge in [-0.1, -0.05) is 31.4 Å². The summed E-state index contributed by atoms with van der Waals surface area (Å²) in [6.07, 6.45) is 6.69. The molecular formula is C19H26FNO2. The zero-order chi connectivity index (χ0) is 16.3. The molecule has 23 heavy (non-hydrogen) atoms. The maximum absolute atomic E-state index is 13.8. The van der Waals surface area contributed by atoms with Crippen molar-refractivity contribution in [2.75, 3.05) is 19.7 Å². The number of carbonyl (C=O) groups excluding carboxylic acids is 1. The summed E-state index contributed by atoms with van der Waals surface area (Å²) in [7, 11) is 0. The second kappa shape index (κ2) is 7.00. The number of aliphatic hydroxyl groups is 1. The SMILES string of the molecule is O=C(N1CCCC(CO)C1)C1(c2cccc(F)c2)CCCCC1. The number of amides is 1. The van der Waals surface area contributed by atoms with E-state index in [0.717, 1.165) is 57.1 Å². The molecule has 1 N–H and O–H groups in total. The fraction of sp³-hybridized carbons (Fsp3) is 0.632. The topological polar surface area (TPSA) is 40.5 Å². The zero-order valence-corrected chi connectivity index (χ0v) is 13.6. The summed E-state index contributed by atoms with van der Waals surface area (Å²) < 4.78 is 13.8. The molecule has 0 radical (unpaired) electrons. The highest BCUT2D eigenvalue weighted by molar-refractivity contribution is 5.88. The molecule has 1 heterocycles. The van der Waals surface area contributed by atoms with Crippen LogP contribution in [0.25, 0.3) is 0 Å². The van der Waals surface area contributed by atoms with Gasteiger partial charge in [0.1, 0.15) is 5.82 Å². The van der Waals surface area contributed by atoms with Crippen LogP contribution in [0.3, 0.4) is 0 Å². The highest BCUT2D eigenvalue weighted by atomic mass is 19.1. The number of hydrogen-bond acceptors (Lipinski definition) is 2. The van der Waals surface area contributed by atoms with Crippen molar-refractivity contribution < 1.29 is 14.3 Å². The van der Waals surface area contributed by atoms with E-state index in [-0.39, 0.29) is 24.2 Å². The summed E-state index contributed by atoms with van der Waals surface area (Å²) >= 11 is 0. The van der Waals surface area contributed by atoms with E-state index in [9.17, 15) is 14.3 Å². The van der Waals surface area contributed by atoms with Gasteiger partial charge in [-0.15, -0.1) is 0 Å². The Kier molecular flexibility index (Phi) is 5.00. The second-order valence-electron chi connectivity index (χ2n) is 7.10. The highest BCUT2D eigenvalue weighted by Crippen LogP contribution is 2.42. The van der Waals surface area contributed by atoms with Crippen molar-refractivity contribution in [3.05, 3.63) is 35.6 Å². The predicted molar refractivity (Wildman–Crippen MR) is 87.6 cm³/mol. The molecule has 1 saturated carbocycles. The molecule has 1 aliphatic carbocycles. The summed E-state index contributed by atoms with van der Waals surface area (Å²) in [5.74, 6) is 0.0499. The van der Waals surface area contributed by atoms with Crippen LogP contribution in [0.4, 0.5) is 4.39 Å². The minimum Gasteiger partial charge on any atom is -0.396 e. The van der Waals surface area contributed by atoms with Crippen molar-refractivity contribution in [3.63, 3.8) is 0 Å². The smallest absolute Gasteiger partial charge is 0.233 e. The first-order chi connectivity index (χ1) is 11.2. The first-order valence-corrected chi connectivity index (χ1v) is 8.82. The number of benzene rings is 1. The lowest BCUT2D eigenvalue weighted by Gasteiger charge is -2.42. The standard InChI is InChI=1S/C19H26FNO2/c20-17-8-4-7-16(12-17)19(9-2-1-3-10-19)18(23)21-11-5-6-15(13-21)14-22/h4,7-8,12,15,22H,1-3,5-6,9-11,13-14H2. The number of halogens is 1. The number of aliphatic hydroxyl groups excluding tert-OH is 1. The van der Waals surface area contributed by atoms with Crippen LogP contribution >= 0.6 is 0 Å². The molecule has 0 bridgehead atoms. The minimum atomic E-state index is -0.572. The van der Waals surface area contributed by atoms with E-state index in [2.05, 4.69) is 0 Å². The van der Waals surface area contributed by atoms with Gasteiger partial charge in [0, 0.05) is 19.7 Å². The molecule has 126 valence electrons. The minimum absolute atomic E-state index is 0.136. The molecule has 1 aromatic carbocycles. The quantitative estimate of drug-likeness (QED) is 0.929. The van der Waals surface area contributed by atoms with Gasteiger partial charge in [0.2, 0.25) is 5.91 Å². The van der Waals surface area contributed by atoms with E-state index < -0.39 is 5.41 Å². The Morgan fingerprint density at radius 3 is 2.74 bits per heavy atom. The maximum atomic E-state index is 13.8. The third-order valence-corrected chi connectivity index (χ3v) is 5.56. The highest BCUT2D eigenvalue weighted by Gasteiger charge is 2.44. The Hall–Kier alpha value is -1.42. The van der Waals surface area contributed by atoms with Gasteiger partial charge in [-0.05, 0) is 49.3 Å². The van der Waals surface area contributed by atoms with Gasteiger partial charge in [0.25, 0.3) is 0 Å². The van der Waals surface area contributed by atoms with E-state index in [1.54, 1.807) is 6.07 Å². The fourth-order valence-corrected chi connectivity index (χ4v) is 4.27. The predicted octanol–water partition coefficient (Wildman–Crippen LogP) is 3.26. The Labute approximate surface area is 137 Å². The van der Waals surface area contributed by atoms with Crippen LogP contribution in [0.2, 0.25) is 0 Å². The van der Waals surface area contributed by atoms with E-state index in [4.69, 9.17) is 0 Å². The van der Waals surface area contributed by atoms with Gasteiger partial charge >= 0.3 is 0 Å². The molecule has 1 saturated heterocycles. The Bertz CT molecular complexity index is 554. The lowest BCUT2D eigenvalue weighted by atomic mass is 9.68. The normalized spacial score (nSPS) is 24.4. The van der Waals surface area contributed by atoms with Crippen LogP contribution < -0.4 is 0 Å². The lowest BCUT2D eigenvalue weighted by molar-refractivity contribution is -0.141. The van der Waals surface area contributed by atoms with Gasteiger partial charge < -0.3 is 10.0 Å². The number of nitrogens with zero attached hydrogens (tertiary/aromatic N) is 1. The van der Waals surface area contributed by atoms with Crippen molar-refractivity contribution in [1.29, 1.82) is 0 Å². The van der Waals surface area contributed by atoms with Gasteiger partial charge in [-0.25, -0.2) is 4.39 Å². The van der Waals surface area contributed by atoms with Crippen molar-refractivity contribution in [1.82, 2.24) is 4.90 Å². The van der Waals surface area contributed by atoms with E-state index in [1.807, 2.05) is 11.0 Å². The first kappa shape index (κ1) is 16.4. The largest absolute Gasteiger partial charge is 0.396 e. The Morgan fingerprint density at radius 2 is 2.04 bits per heavy atom. The molecule has 1 aromatic rings. The number of piperidine rings is 1. The fourth-order valence-electron chi connectivity index (χ4n) is 4.27. The van der Waals surface area contributed by atoms with Crippen molar-refractivity contribution in [2.45, 2.75) is 50.4 Å². The summed E-state index contributed by atoms with van der Waals surface area (Å²) in [5.41, 5.74) is 0.255. The second-order valence-corrected chi connectivity index (χ2v) is 7.10. The summed E-state index contributed by atoms with van der Waals surface area (Å²) in [6.45, 7) is 1.52. The van der Waals surface area contributed by atoms with Crippen LogP contribution in [0.1, 0.15) is 50.5 Å². The molecule has 1 aliphatic heterocycles. The van der Waals surface area contributed by atoms with Crippen LogP contribution in [0, 0.1) is 11.7 Å². The lowest BCUT2D eigenvalue weighted by Crippen LogP contribution is -2.51. The molecule has 0 aromatic heterocycles. The van der Waals surface area contributed by atoms with Gasteiger partial charge in [0.05, 0.1) is 5.41 Å². The molecule has 3 rings (SSSR count). The summed E-state index contributed by atoms with van der Waals surface area (Å²) in [5, 5.41) is 9.43. The first-order valence-electron chi connectivity index (χ1n) is 8.82. The average molecular weight is 319 g/mol. The summed E-state index contributed by atoms with van der Waals surface area (Å²) in [6, 6.07) is 6.59. The van der Waals surface area contributed by atoms with Crippen molar-refractivity contribution in [2.24, 2.45) is 5.92 Å². The molecule has 2 aliphatic rings. The third kappa shape index (κ3) is 3.27. The molecule has 2 fully saturated rings. The molecule has 3 nitrogen and oxygen atoms in total. The number of hydrogen-bond donors (Lipinski definition) is 1. The average Bonchev–Trinajstić information content (AvgIpc) is 2.61. The van der Waals surface area contributed by atoms with E-state index >= 15 is 0 Å². The van der Waals surface area contributed by atoms with Crippen LogP contribution in [0.15, 0.2) is 24.3 Å². The monoisotopic (exact) mass is 319 g/mol. The summed E-state index contributed by atoms with van der Waals surface area (Å²) in [4.78, 5) is 15.3. The Balaban J connectivity index is 1.90. The van der Waals surface area contributed by atoms with Crippen LogP contribution in [0.5, 0.6) is 0 Å². The third-order valence-electron chi connectivity index (χ3n) is 5.56. The van der Waals surface area contributed by atoms with E-state index in [0.29, 0.717) is 6.54 Å². The van der Waals surface area contributed by atoms with Crippen LogP contribution in [-0.2, 0) is 10.2 Å². The van der Waals surface area contributed by atoms with Crippen molar-refractivity contribution >= 4 is 5.91 Å². The molecule has 4 heteroatoms. The van der Waals surface area contributed by atoms with Gasteiger partial charge in [-0.3, -0.25) is 4.79 Å². The van der Waals surface area contributed by atoms with Gasteiger partial charge in [0.15, 0.2) is 0 Å². The van der Waals surface area contributed by atoms with Crippen LogP contribution in [-0.4, -0.2) is 35.6 Å². The molecule has 1 atom stereocenters. The maximum Gasteiger partial charge on any atom is 0.233 e.